The summed E-state index contributed by atoms with van der Waals surface area (Å²) in [5, 5.41) is 2.40. The van der Waals surface area contributed by atoms with E-state index in [4.69, 9.17) is 5.73 Å². The first kappa shape index (κ1) is 21.5. The lowest BCUT2D eigenvalue weighted by Crippen LogP contribution is -2.57. The van der Waals surface area contributed by atoms with Crippen molar-refractivity contribution in [3.8, 4) is 0 Å². The molecule has 4 nitrogen and oxygen atoms in total. The first-order chi connectivity index (χ1) is 15.1. The van der Waals surface area contributed by atoms with Gasteiger partial charge < -0.3 is 10.6 Å². The molecular weight excluding hydrogens is 382 g/mol. The highest BCUT2D eigenvalue weighted by molar-refractivity contribution is 5.84. The molecule has 0 bridgehead atoms. The minimum absolute atomic E-state index is 0.0731. The van der Waals surface area contributed by atoms with E-state index in [-0.39, 0.29) is 5.91 Å². The Hall–Kier alpha value is -2.69. The summed E-state index contributed by atoms with van der Waals surface area (Å²) in [6.07, 6.45) is 2.82. The summed E-state index contributed by atoms with van der Waals surface area (Å²) in [4.78, 5) is 17.5. The van der Waals surface area contributed by atoms with E-state index in [0.29, 0.717) is 12.5 Å². The van der Waals surface area contributed by atoms with Crippen LogP contribution in [0.5, 0.6) is 0 Å². The number of nitrogens with zero attached hydrogens (tertiary/aromatic N) is 2. The third-order valence-electron chi connectivity index (χ3n) is 6.42. The average Bonchev–Trinajstić information content (AvgIpc) is 2.80. The zero-order chi connectivity index (χ0) is 21.6. The molecule has 1 fully saturated rings. The first-order valence-corrected chi connectivity index (χ1v) is 11.4. The van der Waals surface area contributed by atoms with E-state index < -0.39 is 6.04 Å². The molecule has 0 spiro atoms. The molecule has 1 amide bonds. The predicted molar refractivity (Wildman–Crippen MR) is 128 cm³/mol. The van der Waals surface area contributed by atoms with Crippen molar-refractivity contribution in [3.05, 3.63) is 83.9 Å². The van der Waals surface area contributed by atoms with E-state index in [2.05, 4.69) is 72.5 Å². The van der Waals surface area contributed by atoms with Crippen molar-refractivity contribution >= 4 is 16.7 Å². The Morgan fingerprint density at radius 1 is 0.968 bits per heavy atom. The van der Waals surface area contributed by atoms with Crippen LogP contribution in [-0.4, -0.2) is 54.0 Å². The van der Waals surface area contributed by atoms with Gasteiger partial charge in [0.05, 0.1) is 6.04 Å². The molecular formula is C27H33N3O. The van der Waals surface area contributed by atoms with Gasteiger partial charge in [-0.15, -0.1) is 0 Å². The number of hydrogen-bond donors (Lipinski definition) is 1. The topological polar surface area (TPSA) is 49.6 Å². The van der Waals surface area contributed by atoms with Crippen molar-refractivity contribution in [1.29, 1.82) is 0 Å². The number of aryl methyl sites for hydroxylation is 1. The Kier molecular flexibility index (Phi) is 7.00. The lowest BCUT2D eigenvalue weighted by Gasteiger charge is -2.40. The van der Waals surface area contributed by atoms with Crippen LogP contribution in [0.15, 0.2) is 72.8 Å². The molecule has 162 valence electrons. The van der Waals surface area contributed by atoms with Crippen molar-refractivity contribution in [2.75, 3.05) is 26.2 Å². The summed E-state index contributed by atoms with van der Waals surface area (Å²) < 4.78 is 0. The Morgan fingerprint density at radius 2 is 1.71 bits per heavy atom. The maximum atomic E-state index is 13.0. The standard InChI is InChI=1S/C27H33N3O/c1-21-20-30(17-16-29(21)15-7-10-22-8-3-2-4-9-22)27(31)26(28)19-23-13-14-24-11-5-6-12-25(24)18-23/h2-6,8-9,11-14,18,21,26H,7,10,15-17,19-20,28H2,1H3/t21-,26-/m1/s1. The molecule has 0 aliphatic carbocycles. The lowest BCUT2D eigenvalue weighted by atomic mass is 10.0. The fraction of sp³-hybridized carbons (Fsp3) is 0.370. The molecule has 0 unspecified atom stereocenters. The van der Waals surface area contributed by atoms with Crippen LogP contribution < -0.4 is 5.73 Å². The first-order valence-electron chi connectivity index (χ1n) is 11.4. The van der Waals surface area contributed by atoms with Crippen molar-refractivity contribution in [1.82, 2.24) is 9.80 Å². The van der Waals surface area contributed by atoms with Gasteiger partial charge in [0.2, 0.25) is 5.91 Å². The van der Waals surface area contributed by atoms with Crippen LogP contribution in [-0.2, 0) is 17.6 Å². The number of rotatable bonds is 7. The predicted octanol–water partition coefficient (Wildman–Crippen LogP) is 3.88. The molecule has 2 N–H and O–H groups in total. The van der Waals surface area contributed by atoms with Gasteiger partial charge in [-0.2, -0.15) is 0 Å². The van der Waals surface area contributed by atoms with Gasteiger partial charge in [0, 0.05) is 25.7 Å². The molecule has 31 heavy (non-hydrogen) atoms. The fourth-order valence-electron chi connectivity index (χ4n) is 4.60. The summed E-state index contributed by atoms with van der Waals surface area (Å²) in [6, 6.07) is 25.1. The quantitative estimate of drug-likeness (QED) is 0.637. The van der Waals surface area contributed by atoms with Gasteiger partial charge >= 0.3 is 0 Å². The van der Waals surface area contributed by atoms with Crippen LogP contribution in [0.4, 0.5) is 0 Å². The molecule has 4 rings (SSSR count). The van der Waals surface area contributed by atoms with Gasteiger partial charge in [0.25, 0.3) is 0 Å². The second kappa shape index (κ2) is 10.1. The van der Waals surface area contributed by atoms with Gasteiger partial charge in [0.15, 0.2) is 0 Å². The molecule has 1 saturated heterocycles. The monoisotopic (exact) mass is 415 g/mol. The van der Waals surface area contributed by atoms with Gasteiger partial charge in [-0.1, -0.05) is 72.8 Å². The van der Waals surface area contributed by atoms with Gasteiger partial charge in [-0.05, 0) is 54.6 Å². The number of carbonyl (C=O) groups is 1. The van der Waals surface area contributed by atoms with E-state index in [1.54, 1.807) is 0 Å². The van der Waals surface area contributed by atoms with E-state index in [9.17, 15) is 4.79 Å². The smallest absolute Gasteiger partial charge is 0.239 e. The Balaban J connectivity index is 1.27. The third-order valence-corrected chi connectivity index (χ3v) is 6.42. The van der Waals surface area contributed by atoms with Crippen LogP contribution >= 0.6 is 0 Å². The Morgan fingerprint density at radius 3 is 2.48 bits per heavy atom. The second-order valence-corrected chi connectivity index (χ2v) is 8.75. The number of hydrogen-bond acceptors (Lipinski definition) is 3. The number of amides is 1. The van der Waals surface area contributed by atoms with Crippen molar-refractivity contribution in [2.24, 2.45) is 5.73 Å². The summed E-state index contributed by atoms with van der Waals surface area (Å²) in [6.45, 7) is 5.73. The molecule has 1 aliphatic rings. The SMILES string of the molecule is C[C@@H]1CN(C(=O)[C@H](N)Cc2ccc3ccccc3c2)CCN1CCCc1ccccc1. The minimum Gasteiger partial charge on any atom is -0.338 e. The van der Waals surface area contributed by atoms with E-state index in [1.807, 2.05) is 17.0 Å². The van der Waals surface area contributed by atoms with Crippen LogP contribution in [0.3, 0.4) is 0 Å². The summed E-state index contributed by atoms with van der Waals surface area (Å²) >= 11 is 0. The normalized spacial score (nSPS) is 18.3. The molecule has 0 radical (unpaired) electrons. The highest BCUT2D eigenvalue weighted by Gasteiger charge is 2.29. The van der Waals surface area contributed by atoms with Crippen LogP contribution in [0.1, 0.15) is 24.5 Å². The zero-order valence-corrected chi connectivity index (χ0v) is 18.4. The highest BCUT2D eigenvalue weighted by Crippen LogP contribution is 2.18. The molecule has 1 heterocycles. The number of carbonyl (C=O) groups excluding carboxylic acids is 1. The molecule has 3 aromatic carbocycles. The lowest BCUT2D eigenvalue weighted by molar-refractivity contribution is -0.135. The maximum absolute atomic E-state index is 13.0. The zero-order valence-electron chi connectivity index (χ0n) is 18.4. The molecule has 3 aromatic rings. The molecule has 2 atom stereocenters. The number of piperazine rings is 1. The molecule has 1 aliphatic heterocycles. The van der Waals surface area contributed by atoms with Crippen LogP contribution in [0, 0.1) is 0 Å². The number of benzene rings is 3. The minimum atomic E-state index is -0.488. The summed E-state index contributed by atoms with van der Waals surface area (Å²) in [7, 11) is 0. The van der Waals surface area contributed by atoms with E-state index in [1.165, 1.54) is 16.3 Å². The number of fused-ring (bicyclic) bond motifs is 1. The van der Waals surface area contributed by atoms with Crippen LogP contribution in [0.25, 0.3) is 10.8 Å². The molecule has 4 heteroatoms. The van der Waals surface area contributed by atoms with Gasteiger partial charge in [-0.3, -0.25) is 9.69 Å². The van der Waals surface area contributed by atoms with Gasteiger partial charge in [0.1, 0.15) is 0 Å². The van der Waals surface area contributed by atoms with Crippen LogP contribution in [0.2, 0.25) is 0 Å². The Bertz CT molecular complexity index is 1000. The molecule has 0 aromatic heterocycles. The summed E-state index contributed by atoms with van der Waals surface area (Å²) in [5.41, 5.74) is 8.85. The van der Waals surface area contributed by atoms with Crippen molar-refractivity contribution < 1.29 is 4.79 Å². The van der Waals surface area contributed by atoms with Crippen molar-refractivity contribution in [3.63, 3.8) is 0 Å². The average molecular weight is 416 g/mol. The van der Waals surface area contributed by atoms with E-state index >= 15 is 0 Å². The fourth-order valence-corrected chi connectivity index (χ4v) is 4.60. The van der Waals surface area contributed by atoms with Gasteiger partial charge in [-0.25, -0.2) is 0 Å². The van der Waals surface area contributed by atoms with Crippen molar-refractivity contribution in [2.45, 2.75) is 38.3 Å². The summed E-state index contributed by atoms with van der Waals surface area (Å²) in [5.74, 6) is 0.0731. The second-order valence-electron chi connectivity index (χ2n) is 8.75. The Labute approximate surface area is 185 Å². The third kappa shape index (κ3) is 5.52. The number of nitrogens with two attached hydrogens (primary N) is 1. The van der Waals surface area contributed by atoms with E-state index in [0.717, 1.165) is 44.6 Å². The highest BCUT2D eigenvalue weighted by atomic mass is 16.2. The maximum Gasteiger partial charge on any atom is 0.239 e. The molecule has 0 saturated carbocycles. The largest absolute Gasteiger partial charge is 0.338 e.